The van der Waals surface area contributed by atoms with Crippen molar-refractivity contribution in [1.82, 2.24) is 0 Å². The van der Waals surface area contributed by atoms with Crippen LogP contribution < -0.4 is 15.4 Å². The third-order valence-corrected chi connectivity index (χ3v) is 2.99. The molecule has 2 aromatic carbocycles. The summed E-state index contributed by atoms with van der Waals surface area (Å²) in [6.45, 7) is 1.80. The first-order valence-corrected chi connectivity index (χ1v) is 6.55. The van der Waals surface area contributed by atoms with Crippen LogP contribution in [0.1, 0.15) is 5.56 Å². The topological polar surface area (TPSA) is 87.7 Å². The minimum atomic E-state index is -0.819. The molecule has 0 saturated heterocycles. The predicted octanol–water partition coefficient (Wildman–Crippen LogP) is 2.29. The molecule has 0 fully saturated rings. The Hall–Kier alpha value is -3.02. The highest BCUT2D eigenvalue weighted by atomic mass is 16.5. The van der Waals surface area contributed by atoms with Crippen LogP contribution >= 0.6 is 0 Å². The average molecular weight is 300 g/mol. The first kappa shape index (κ1) is 15.4. The molecule has 0 heterocycles. The van der Waals surface area contributed by atoms with Crippen LogP contribution in [0, 0.1) is 6.92 Å². The Morgan fingerprint density at radius 1 is 1.05 bits per heavy atom. The highest BCUT2D eigenvalue weighted by molar-refractivity contribution is 6.43. The van der Waals surface area contributed by atoms with E-state index in [0.717, 1.165) is 5.56 Å². The Morgan fingerprint density at radius 2 is 1.77 bits per heavy atom. The number of carbonyl (C=O) groups is 2. The zero-order valence-corrected chi connectivity index (χ0v) is 12.2. The number of methoxy groups -OCH3 is 1. The molecule has 2 rings (SSSR count). The number of benzene rings is 2. The number of phenols is 1. The van der Waals surface area contributed by atoms with Gasteiger partial charge >= 0.3 is 11.8 Å². The van der Waals surface area contributed by atoms with Crippen molar-refractivity contribution in [2.75, 3.05) is 17.7 Å². The number of rotatable bonds is 3. The fraction of sp³-hybridized carbons (Fsp3) is 0.125. The standard InChI is InChI=1S/C16H16N2O4/c1-10-8-13(22-2)6-7-14(10)18-16(21)15(20)17-11-4-3-5-12(19)9-11/h3-9,19H,1-2H3,(H,17,20)(H,18,21). The van der Waals surface area contributed by atoms with Gasteiger partial charge in [0.1, 0.15) is 11.5 Å². The van der Waals surface area contributed by atoms with Crippen molar-refractivity contribution in [1.29, 1.82) is 0 Å². The smallest absolute Gasteiger partial charge is 0.314 e. The van der Waals surface area contributed by atoms with Gasteiger partial charge in [0.05, 0.1) is 7.11 Å². The molecule has 2 amide bonds. The van der Waals surface area contributed by atoms with Crippen molar-refractivity contribution in [2.45, 2.75) is 6.92 Å². The van der Waals surface area contributed by atoms with Crippen molar-refractivity contribution < 1.29 is 19.4 Å². The molecule has 0 spiro atoms. The third-order valence-electron chi connectivity index (χ3n) is 2.99. The van der Waals surface area contributed by atoms with Gasteiger partial charge < -0.3 is 20.5 Å². The van der Waals surface area contributed by atoms with E-state index < -0.39 is 11.8 Å². The predicted molar refractivity (Wildman–Crippen MR) is 83.1 cm³/mol. The molecule has 6 nitrogen and oxygen atoms in total. The number of hydrogen-bond acceptors (Lipinski definition) is 4. The lowest BCUT2D eigenvalue weighted by Gasteiger charge is -2.10. The van der Waals surface area contributed by atoms with Gasteiger partial charge in [-0.25, -0.2) is 0 Å². The number of ether oxygens (including phenoxy) is 1. The fourth-order valence-corrected chi connectivity index (χ4v) is 1.85. The van der Waals surface area contributed by atoms with Gasteiger partial charge in [-0.3, -0.25) is 9.59 Å². The molecular weight excluding hydrogens is 284 g/mol. The van der Waals surface area contributed by atoms with Crippen molar-refractivity contribution >= 4 is 23.2 Å². The van der Waals surface area contributed by atoms with Gasteiger partial charge in [0.15, 0.2) is 0 Å². The second kappa shape index (κ2) is 6.62. The minimum Gasteiger partial charge on any atom is -0.508 e. The molecule has 3 N–H and O–H groups in total. The van der Waals surface area contributed by atoms with E-state index in [9.17, 15) is 14.7 Å². The number of anilines is 2. The summed E-state index contributed by atoms with van der Waals surface area (Å²) >= 11 is 0. The van der Waals surface area contributed by atoms with E-state index in [4.69, 9.17) is 4.74 Å². The maximum atomic E-state index is 11.9. The van der Waals surface area contributed by atoms with Gasteiger partial charge in [-0.15, -0.1) is 0 Å². The molecular formula is C16H16N2O4. The van der Waals surface area contributed by atoms with Crippen LogP contribution in [0.15, 0.2) is 42.5 Å². The molecule has 0 atom stereocenters. The minimum absolute atomic E-state index is 0.00390. The summed E-state index contributed by atoms with van der Waals surface area (Å²) < 4.78 is 5.08. The van der Waals surface area contributed by atoms with Crippen molar-refractivity contribution in [3.05, 3.63) is 48.0 Å². The van der Waals surface area contributed by atoms with Gasteiger partial charge in [-0.2, -0.15) is 0 Å². The summed E-state index contributed by atoms with van der Waals surface area (Å²) in [6, 6.07) is 11.1. The maximum Gasteiger partial charge on any atom is 0.314 e. The molecule has 0 radical (unpaired) electrons. The van der Waals surface area contributed by atoms with E-state index in [0.29, 0.717) is 17.1 Å². The largest absolute Gasteiger partial charge is 0.508 e. The normalized spacial score (nSPS) is 9.91. The number of amides is 2. The van der Waals surface area contributed by atoms with Crippen LogP contribution in [0.3, 0.4) is 0 Å². The first-order chi connectivity index (χ1) is 10.5. The average Bonchev–Trinajstić information content (AvgIpc) is 2.49. The van der Waals surface area contributed by atoms with Gasteiger partial charge in [0, 0.05) is 17.4 Å². The van der Waals surface area contributed by atoms with Crippen molar-refractivity contribution in [3.8, 4) is 11.5 Å². The monoisotopic (exact) mass is 300 g/mol. The molecule has 22 heavy (non-hydrogen) atoms. The second-order valence-electron chi connectivity index (χ2n) is 4.64. The number of nitrogens with one attached hydrogen (secondary N) is 2. The summed E-state index contributed by atoms with van der Waals surface area (Å²) in [5, 5.41) is 14.3. The van der Waals surface area contributed by atoms with Gasteiger partial charge in [-0.05, 0) is 42.8 Å². The number of aryl methyl sites for hydroxylation is 1. The second-order valence-corrected chi connectivity index (χ2v) is 4.64. The Bertz CT molecular complexity index is 713. The summed E-state index contributed by atoms with van der Waals surface area (Å²) in [6.07, 6.45) is 0. The SMILES string of the molecule is COc1ccc(NC(=O)C(=O)Nc2cccc(O)c2)c(C)c1. The molecule has 0 aliphatic carbocycles. The fourth-order valence-electron chi connectivity index (χ4n) is 1.85. The van der Waals surface area contributed by atoms with E-state index in [1.807, 2.05) is 0 Å². The van der Waals surface area contributed by atoms with Gasteiger partial charge in [-0.1, -0.05) is 6.07 Å². The summed E-state index contributed by atoms with van der Waals surface area (Å²) in [5.74, 6) is -0.943. The number of phenolic OH excluding ortho intramolecular Hbond substituents is 1. The quantitative estimate of drug-likeness (QED) is 0.759. The van der Waals surface area contributed by atoms with Crippen molar-refractivity contribution in [3.63, 3.8) is 0 Å². The van der Waals surface area contributed by atoms with E-state index >= 15 is 0 Å². The lowest BCUT2D eigenvalue weighted by atomic mass is 10.2. The molecule has 0 aliphatic rings. The molecule has 0 aromatic heterocycles. The Kier molecular flexibility index (Phi) is 4.63. The zero-order chi connectivity index (χ0) is 16.1. The Morgan fingerprint density at radius 3 is 2.41 bits per heavy atom. The summed E-state index contributed by atoms with van der Waals surface area (Å²) in [5.41, 5.74) is 1.64. The van der Waals surface area contributed by atoms with Gasteiger partial charge in [0.25, 0.3) is 0 Å². The van der Waals surface area contributed by atoms with E-state index in [1.54, 1.807) is 44.4 Å². The molecule has 0 aliphatic heterocycles. The van der Waals surface area contributed by atoms with E-state index in [2.05, 4.69) is 10.6 Å². The van der Waals surface area contributed by atoms with Crippen LogP contribution in [0.2, 0.25) is 0 Å². The van der Waals surface area contributed by atoms with Gasteiger partial charge in [0.2, 0.25) is 0 Å². The molecule has 0 saturated carbocycles. The van der Waals surface area contributed by atoms with Crippen LogP contribution in [0.4, 0.5) is 11.4 Å². The molecule has 0 unspecified atom stereocenters. The molecule has 6 heteroatoms. The van der Waals surface area contributed by atoms with Crippen LogP contribution in [0.25, 0.3) is 0 Å². The lowest BCUT2D eigenvalue weighted by Crippen LogP contribution is -2.29. The number of hydrogen-bond donors (Lipinski definition) is 3. The highest BCUT2D eigenvalue weighted by Crippen LogP contribution is 2.21. The summed E-state index contributed by atoms with van der Waals surface area (Å²) in [4.78, 5) is 23.7. The van der Waals surface area contributed by atoms with Crippen LogP contribution in [-0.2, 0) is 9.59 Å². The first-order valence-electron chi connectivity index (χ1n) is 6.55. The number of carbonyl (C=O) groups excluding carboxylic acids is 2. The zero-order valence-electron chi connectivity index (χ0n) is 12.2. The Labute approximate surface area is 127 Å². The maximum absolute atomic E-state index is 11.9. The number of aromatic hydroxyl groups is 1. The third kappa shape index (κ3) is 3.76. The summed E-state index contributed by atoms with van der Waals surface area (Å²) in [7, 11) is 1.55. The van der Waals surface area contributed by atoms with Crippen LogP contribution in [0.5, 0.6) is 11.5 Å². The molecule has 2 aromatic rings. The molecule has 114 valence electrons. The van der Waals surface area contributed by atoms with E-state index in [-0.39, 0.29) is 5.75 Å². The van der Waals surface area contributed by atoms with Crippen LogP contribution in [-0.4, -0.2) is 24.0 Å². The van der Waals surface area contributed by atoms with E-state index in [1.165, 1.54) is 12.1 Å². The van der Waals surface area contributed by atoms with Crippen molar-refractivity contribution in [2.24, 2.45) is 0 Å². The lowest BCUT2D eigenvalue weighted by molar-refractivity contribution is -0.133. The Balaban J connectivity index is 2.04. The highest BCUT2D eigenvalue weighted by Gasteiger charge is 2.15. The molecule has 0 bridgehead atoms.